The number of amides is 1. The van der Waals surface area contributed by atoms with Crippen LogP contribution in [0.5, 0.6) is 0 Å². The summed E-state index contributed by atoms with van der Waals surface area (Å²) in [5.74, 6) is -0.401. The molecule has 0 aliphatic carbocycles. The van der Waals surface area contributed by atoms with Crippen LogP contribution in [-0.4, -0.2) is 10.8 Å². The molecule has 0 aromatic heterocycles. The number of nitro benzene ring substituents is 1. The standard InChI is InChI=1S/C21H15N3O3/c1-14-19(11-6-12-20(14)24(26)27)23-21(25)18-10-5-4-9-17(18)16-8-3-2-7-15(16)13-22/h2-12H,1H3,(H,23,25). The highest BCUT2D eigenvalue weighted by Crippen LogP contribution is 2.29. The summed E-state index contributed by atoms with van der Waals surface area (Å²) >= 11 is 0. The highest BCUT2D eigenvalue weighted by Gasteiger charge is 2.18. The lowest BCUT2D eigenvalue weighted by Crippen LogP contribution is -2.14. The Morgan fingerprint density at radius 1 is 1.00 bits per heavy atom. The van der Waals surface area contributed by atoms with E-state index in [4.69, 9.17) is 0 Å². The smallest absolute Gasteiger partial charge is 0.274 e. The van der Waals surface area contributed by atoms with E-state index < -0.39 is 10.8 Å². The highest BCUT2D eigenvalue weighted by atomic mass is 16.6. The van der Waals surface area contributed by atoms with Crippen LogP contribution in [0.2, 0.25) is 0 Å². The number of carbonyl (C=O) groups excluding carboxylic acids is 1. The van der Waals surface area contributed by atoms with Gasteiger partial charge in [0.25, 0.3) is 11.6 Å². The Morgan fingerprint density at radius 2 is 1.67 bits per heavy atom. The molecule has 3 rings (SSSR count). The van der Waals surface area contributed by atoms with Gasteiger partial charge < -0.3 is 5.32 Å². The molecule has 0 aliphatic heterocycles. The lowest BCUT2D eigenvalue weighted by Gasteiger charge is -2.13. The van der Waals surface area contributed by atoms with Gasteiger partial charge in [-0.15, -0.1) is 0 Å². The van der Waals surface area contributed by atoms with Gasteiger partial charge in [-0.1, -0.05) is 42.5 Å². The molecule has 6 heteroatoms. The van der Waals surface area contributed by atoms with Crippen LogP contribution in [-0.2, 0) is 0 Å². The van der Waals surface area contributed by atoms with Gasteiger partial charge in [0.05, 0.1) is 27.8 Å². The lowest BCUT2D eigenvalue weighted by atomic mass is 9.95. The summed E-state index contributed by atoms with van der Waals surface area (Å²) in [6.07, 6.45) is 0. The minimum atomic E-state index is -0.484. The third kappa shape index (κ3) is 3.53. The molecule has 0 radical (unpaired) electrons. The molecule has 0 saturated carbocycles. The molecule has 3 aromatic carbocycles. The first kappa shape index (κ1) is 17.8. The maximum Gasteiger partial charge on any atom is 0.274 e. The minimum absolute atomic E-state index is 0.0593. The number of nitrogens with zero attached hydrogens (tertiary/aromatic N) is 2. The first-order valence-electron chi connectivity index (χ1n) is 8.17. The first-order valence-corrected chi connectivity index (χ1v) is 8.17. The average molecular weight is 357 g/mol. The van der Waals surface area contributed by atoms with Crippen LogP contribution in [0.1, 0.15) is 21.5 Å². The number of hydrogen-bond acceptors (Lipinski definition) is 4. The predicted octanol–water partition coefficient (Wildman–Crippen LogP) is 4.69. The van der Waals surface area contributed by atoms with Crippen molar-refractivity contribution in [3.8, 4) is 17.2 Å². The maximum absolute atomic E-state index is 12.9. The quantitative estimate of drug-likeness (QED) is 0.541. The van der Waals surface area contributed by atoms with Crippen LogP contribution >= 0.6 is 0 Å². The number of nitriles is 1. The van der Waals surface area contributed by atoms with Crippen LogP contribution < -0.4 is 5.32 Å². The Labute approximate surface area is 155 Å². The van der Waals surface area contributed by atoms with Gasteiger partial charge in [0, 0.05) is 17.2 Å². The molecular weight excluding hydrogens is 342 g/mol. The number of rotatable bonds is 4. The van der Waals surface area contributed by atoms with Crippen LogP contribution in [0.3, 0.4) is 0 Å². The third-order valence-electron chi connectivity index (χ3n) is 4.26. The fraction of sp³-hybridized carbons (Fsp3) is 0.0476. The normalized spacial score (nSPS) is 10.1. The van der Waals surface area contributed by atoms with E-state index in [1.807, 2.05) is 0 Å². The molecular formula is C21H15N3O3. The Bertz CT molecular complexity index is 1080. The fourth-order valence-electron chi connectivity index (χ4n) is 2.88. The van der Waals surface area contributed by atoms with Gasteiger partial charge in [-0.05, 0) is 30.7 Å². The van der Waals surface area contributed by atoms with Crippen molar-refractivity contribution in [3.63, 3.8) is 0 Å². The first-order chi connectivity index (χ1) is 13.0. The number of benzene rings is 3. The average Bonchev–Trinajstić information content (AvgIpc) is 2.69. The second-order valence-corrected chi connectivity index (χ2v) is 5.86. The summed E-state index contributed by atoms with van der Waals surface area (Å²) in [6.45, 7) is 1.59. The number of hydrogen-bond donors (Lipinski definition) is 1. The van der Waals surface area contributed by atoms with E-state index in [1.54, 1.807) is 61.5 Å². The van der Waals surface area contributed by atoms with Crippen molar-refractivity contribution in [2.75, 3.05) is 5.32 Å². The summed E-state index contributed by atoms with van der Waals surface area (Å²) in [5, 5.41) is 23.2. The van der Waals surface area contributed by atoms with Crippen molar-refractivity contribution < 1.29 is 9.72 Å². The zero-order valence-corrected chi connectivity index (χ0v) is 14.5. The molecule has 0 saturated heterocycles. The predicted molar refractivity (Wildman–Crippen MR) is 102 cm³/mol. The molecule has 27 heavy (non-hydrogen) atoms. The Balaban J connectivity index is 2.02. The van der Waals surface area contributed by atoms with Crippen LogP contribution in [0.25, 0.3) is 11.1 Å². The van der Waals surface area contributed by atoms with Crippen LogP contribution in [0, 0.1) is 28.4 Å². The molecule has 0 atom stereocenters. The zero-order chi connectivity index (χ0) is 19.4. The molecule has 3 aromatic rings. The van der Waals surface area contributed by atoms with Gasteiger partial charge in [0.2, 0.25) is 0 Å². The van der Waals surface area contributed by atoms with E-state index in [0.717, 1.165) is 0 Å². The van der Waals surface area contributed by atoms with Gasteiger partial charge in [-0.2, -0.15) is 5.26 Å². The molecule has 0 unspecified atom stereocenters. The van der Waals surface area contributed by atoms with Crippen molar-refractivity contribution in [2.24, 2.45) is 0 Å². The molecule has 1 N–H and O–H groups in total. The Hall–Kier alpha value is -3.98. The lowest BCUT2D eigenvalue weighted by molar-refractivity contribution is -0.385. The molecule has 0 spiro atoms. The fourth-order valence-corrected chi connectivity index (χ4v) is 2.88. The molecule has 0 aliphatic rings. The topological polar surface area (TPSA) is 96.0 Å². The number of anilines is 1. The molecule has 0 bridgehead atoms. The molecule has 0 heterocycles. The van der Waals surface area contributed by atoms with Crippen LogP contribution in [0.4, 0.5) is 11.4 Å². The van der Waals surface area contributed by atoms with Gasteiger partial charge in [-0.25, -0.2) is 0 Å². The van der Waals surface area contributed by atoms with E-state index in [2.05, 4.69) is 11.4 Å². The van der Waals surface area contributed by atoms with E-state index in [1.165, 1.54) is 12.1 Å². The second kappa shape index (κ2) is 7.50. The minimum Gasteiger partial charge on any atom is -0.321 e. The number of carbonyl (C=O) groups is 1. The maximum atomic E-state index is 12.9. The van der Waals surface area contributed by atoms with Gasteiger partial charge in [0.1, 0.15) is 0 Å². The van der Waals surface area contributed by atoms with Crippen molar-refractivity contribution in [3.05, 3.63) is 93.5 Å². The highest BCUT2D eigenvalue weighted by molar-refractivity contribution is 6.09. The summed E-state index contributed by atoms with van der Waals surface area (Å²) in [7, 11) is 0. The Morgan fingerprint density at radius 3 is 2.37 bits per heavy atom. The number of nitro groups is 1. The SMILES string of the molecule is Cc1c(NC(=O)c2ccccc2-c2ccccc2C#N)cccc1[N+](=O)[O-]. The van der Waals surface area contributed by atoms with Gasteiger partial charge in [0.15, 0.2) is 0 Å². The summed E-state index contributed by atoms with van der Waals surface area (Å²) in [6, 6.07) is 20.6. The summed E-state index contributed by atoms with van der Waals surface area (Å²) in [5.41, 5.74) is 2.81. The van der Waals surface area contributed by atoms with Crippen molar-refractivity contribution in [2.45, 2.75) is 6.92 Å². The van der Waals surface area contributed by atoms with E-state index in [9.17, 15) is 20.2 Å². The van der Waals surface area contributed by atoms with Crippen molar-refractivity contribution >= 4 is 17.3 Å². The van der Waals surface area contributed by atoms with E-state index in [0.29, 0.717) is 33.5 Å². The largest absolute Gasteiger partial charge is 0.321 e. The zero-order valence-electron chi connectivity index (χ0n) is 14.5. The monoisotopic (exact) mass is 357 g/mol. The van der Waals surface area contributed by atoms with Gasteiger partial charge >= 0.3 is 0 Å². The second-order valence-electron chi connectivity index (χ2n) is 5.86. The molecule has 1 amide bonds. The summed E-state index contributed by atoms with van der Waals surface area (Å²) in [4.78, 5) is 23.5. The van der Waals surface area contributed by atoms with E-state index in [-0.39, 0.29) is 5.69 Å². The van der Waals surface area contributed by atoms with Gasteiger partial charge in [-0.3, -0.25) is 14.9 Å². The van der Waals surface area contributed by atoms with E-state index >= 15 is 0 Å². The summed E-state index contributed by atoms with van der Waals surface area (Å²) < 4.78 is 0. The molecule has 132 valence electrons. The van der Waals surface area contributed by atoms with Crippen LogP contribution in [0.15, 0.2) is 66.7 Å². The number of nitrogens with one attached hydrogen (secondary N) is 1. The molecule has 0 fully saturated rings. The Kier molecular flexibility index (Phi) is 4.95. The molecule has 6 nitrogen and oxygen atoms in total. The van der Waals surface area contributed by atoms with Crippen molar-refractivity contribution in [1.82, 2.24) is 0 Å². The third-order valence-corrected chi connectivity index (χ3v) is 4.26. The van der Waals surface area contributed by atoms with Crippen molar-refractivity contribution in [1.29, 1.82) is 5.26 Å².